The van der Waals surface area contributed by atoms with Crippen LogP contribution in [0.15, 0.2) is 36.4 Å². The largest absolute Gasteiger partial charge is 0.495 e. The number of amides is 1. The summed E-state index contributed by atoms with van der Waals surface area (Å²) in [4.78, 5) is 24.0. The molecule has 0 aliphatic heterocycles. The van der Waals surface area contributed by atoms with Gasteiger partial charge in [-0.05, 0) is 48.7 Å². The monoisotopic (exact) mass is 387 g/mol. The van der Waals surface area contributed by atoms with Crippen molar-refractivity contribution < 1.29 is 28.5 Å². The first-order valence-electron chi connectivity index (χ1n) is 8.77. The summed E-state index contributed by atoms with van der Waals surface area (Å²) in [7, 11) is 4.64. The van der Waals surface area contributed by atoms with Gasteiger partial charge in [0.15, 0.2) is 18.1 Å². The molecule has 2 aromatic rings. The number of ether oxygens (including phenoxy) is 4. The average Bonchev–Trinajstić information content (AvgIpc) is 2.70. The Kier molecular flexibility index (Phi) is 7.68. The van der Waals surface area contributed by atoms with Crippen LogP contribution in [-0.2, 0) is 20.7 Å². The number of aryl methyl sites for hydroxylation is 2. The molecule has 1 amide bonds. The van der Waals surface area contributed by atoms with Crippen molar-refractivity contribution in [1.29, 1.82) is 0 Å². The van der Waals surface area contributed by atoms with Gasteiger partial charge in [-0.3, -0.25) is 9.59 Å². The molecule has 0 aliphatic rings. The second-order valence-corrected chi connectivity index (χ2v) is 6.10. The second kappa shape index (κ2) is 10.2. The number of carbonyl (C=O) groups is 2. The summed E-state index contributed by atoms with van der Waals surface area (Å²) in [5, 5.41) is 2.69. The Morgan fingerprint density at radius 3 is 2.25 bits per heavy atom. The molecule has 2 aromatic carbocycles. The van der Waals surface area contributed by atoms with Gasteiger partial charge in [-0.1, -0.05) is 12.1 Å². The molecule has 0 aliphatic carbocycles. The molecule has 0 fully saturated rings. The zero-order valence-electron chi connectivity index (χ0n) is 16.5. The number of hydrogen-bond donors (Lipinski definition) is 1. The van der Waals surface area contributed by atoms with E-state index in [0.29, 0.717) is 29.4 Å². The fourth-order valence-corrected chi connectivity index (χ4v) is 2.61. The minimum absolute atomic E-state index is 0.149. The minimum Gasteiger partial charge on any atom is -0.495 e. The fraction of sp³-hybridized carbons (Fsp3) is 0.333. The van der Waals surface area contributed by atoms with E-state index in [-0.39, 0.29) is 13.0 Å². The average molecular weight is 387 g/mol. The van der Waals surface area contributed by atoms with E-state index in [9.17, 15) is 9.59 Å². The zero-order valence-corrected chi connectivity index (χ0v) is 16.5. The fourth-order valence-electron chi connectivity index (χ4n) is 2.61. The highest BCUT2D eigenvalue weighted by molar-refractivity contribution is 5.94. The molecule has 0 spiro atoms. The van der Waals surface area contributed by atoms with Crippen molar-refractivity contribution >= 4 is 17.6 Å². The van der Waals surface area contributed by atoms with Crippen LogP contribution in [0.2, 0.25) is 0 Å². The summed E-state index contributed by atoms with van der Waals surface area (Å²) in [5.41, 5.74) is 2.42. The third-order valence-electron chi connectivity index (χ3n) is 4.06. The molecule has 150 valence electrons. The standard InChI is InChI=1S/C21H25NO6/c1-14-5-8-17(25-2)16(11-14)22-20(23)13-28-21(24)10-7-15-6-9-18(26-3)19(12-15)27-4/h5-6,8-9,11-12H,7,10,13H2,1-4H3,(H,22,23). The number of anilines is 1. The van der Waals surface area contributed by atoms with Crippen LogP contribution in [0.25, 0.3) is 0 Å². The predicted molar refractivity (Wildman–Crippen MR) is 105 cm³/mol. The van der Waals surface area contributed by atoms with Gasteiger partial charge in [0.25, 0.3) is 5.91 Å². The number of methoxy groups -OCH3 is 3. The molecule has 2 rings (SSSR count). The summed E-state index contributed by atoms with van der Waals surface area (Å²) in [6.07, 6.45) is 0.614. The Hall–Kier alpha value is -3.22. The first-order valence-corrected chi connectivity index (χ1v) is 8.77. The molecule has 0 saturated heterocycles. The van der Waals surface area contributed by atoms with Gasteiger partial charge in [0.2, 0.25) is 0 Å². The molecule has 0 radical (unpaired) electrons. The van der Waals surface area contributed by atoms with E-state index >= 15 is 0 Å². The quantitative estimate of drug-likeness (QED) is 0.666. The van der Waals surface area contributed by atoms with Crippen LogP contribution in [-0.4, -0.2) is 39.8 Å². The van der Waals surface area contributed by atoms with Crippen molar-refractivity contribution in [3.05, 3.63) is 47.5 Å². The van der Waals surface area contributed by atoms with Crippen LogP contribution in [0.5, 0.6) is 17.2 Å². The van der Waals surface area contributed by atoms with Gasteiger partial charge < -0.3 is 24.3 Å². The van der Waals surface area contributed by atoms with Crippen molar-refractivity contribution in [2.24, 2.45) is 0 Å². The van der Waals surface area contributed by atoms with E-state index in [1.807, 2.05) is 25.1 Å². The smallest absolute Gasteiger partial charge is 0.306 e. The highest BCUT2D eigenvalue weighted by atomic mass is 16.5. The summed E-state index contributed by atoms with van der Waals surface area (Å²) in [5.74, 6) is 0.875. The van der Waals surface area contributed by atoms with Gasteiger partial charge in [-0.15, -0.1) is 0 Å². The van der Waals surface area contributed by atoms with Crippen LogP contribution in [0.4, 0.5) is 5.69 Å². The van der Waals surface area contributed by atoms with Crippen LogP contribution in [0.1, 0.15) is 17.5 Å². The van der Waals surface area contributed by atoms with Crippen LogP contribution in [0.3, 0.4) is 0 Å². The highest BCUT2D eigenvalue weighted by Crippen LogP contribution is 2.28. The van der Waals surface area contributed by atoms with Gasteiger partial charge >= 0.3 is 5.97 Å². The number of esters is 1. The van der Waals surface area contributed by atoms with Gasteiger partial charge in [0.1, 0.15) is 5.75 Å². The van der Waals surface area contributed by atoms with Gasteiger partial charge in [0.05, 0.1) is 27.0 Å². The molecular weight excluding hydrogens is 362 g/mol. The maximum absolute atomic E-state index is 12.1. The summed E-state index contributed by atoms with van der Waals surface area (Å²) in [6, 6.07) is 10.9. The second-order valence-electron chi connectivity index (χ2n) is 6.10. The summed E-state index contributed by atoms with van der Waals surface area (Å²) in [6.45, 7) is 1.55. The lowest BCUT2D eigenvalue weighted by Gasteiger charge is -2.11. The van der Waals surface area contributed by atoms with Crippen LogP contribution in [0, 0.1) is 6.92 Å². The Morgan fingerprint density at radius 2 is 1.57 bits per heavy atom. The first-order chi connectivity index (χ1) is 13.5. The number of rotatable bonds is 9. The zero-order chi connectivity index (χ0) is 20.5. The number of nitrogens with one attached hydrogen (secondary N) is 1. The lowest BCUT2D eigenvalue weighted by Crippen LogP contribution is -2.21. The Bertz CT molecular complexity index is 834. The van der Waals surface area contributed by atoms with E-state index in [2.05, 4.69) is 5.32 Å². The molecule has 0 atom stereocenters. The SMILES string of the molecule is COc1ccc(C)cc1NC(=O)COC(=O)CCc1ccc(OC)c(OC)c1. The minimum atomic E-state index is -0.457. The summed E-state index contributed by atoms with van der Waals surface area (Å²) < 4.78 is 20.7. The highest BCUT2D eigenvalue weighted by Gasteiger charge is 2.12. The van der Waals surface area contributed by atoms with E-state index in [1.165, 1.54) is 7.11 Å². The van der Waals surface area contributed by atoms with E-state index in [4.69, 9.17) is 18.9 Å². The van der Waals surface area contributed by atoms with Crippen molar-refractivity contribution in [3.63, 3.8) is 0 Å². The van der Waals surface area contributed by atoms with E-state index in [0.717, 1.165) is 11.1 Å². The molecular formula is C21H25NO6. The Labute approximate surface area is 164 Å². The molecule has 1 N–H and O–H groups in total. The van der Waals surface area contributed by atoms with Gasteiger partial charge in [-0.25, -0.2) is 0 Å². The molecule has 7 heteroatoms. The Balaban J connectivity index is 1.82. The number of hydrogen-bond acceptors (Lipinski definition) is 6. The first kappa shape index (κ1) is 21.1. The number of benzene rings is 2. The lowest BCUT2D eigenvalue weighted by molar-refractivity contribution is -0.147. The predicted octanol–water partition coefficient (Wildman–Crippen LogP) is 3.14. The van der Waals surface area contributed by atoms with E-state index < -0.39 is 11.9 Å². The maximum atomic E-state index is 12.1. The molecule has 0 unspecified atom stereocenters. The molecule has 0 heterocycles. The van der Waals surface area contributed by atoms with Gasteiger partial charge in [-0.2, -0.15) is 0 Å². The van der Waals surface area contributed by atoms with Crippen molar-refractivity contribution in [2.75, 3.05) is 33.3 Å². The van der Waals surface area contributed by atoms with Crippen LogP contribution >= 0.6 is 0 Å². The van der Waals surface area contributed by atoms with Crippen LogP contribution < -0.4 is 19.5 Å². The molecule has 0 bridgehead atoms. The van der Waals surface area contributed by atoms with Crippen molar-refractivity contribution in [1.82, 2.24) is 0 Å². The van der Waals surface area contributed by atoms with Gasteiger partial charge in [0, 0.05) is 6.42 Å². The topological polar surface area (TPSA) is 83.1 Å². The van der Waals surface area contributed by atoms with Crippen molar-refractivity contribution in [2.45, 2.75) is 19.8 Å². The van der Waals surface area contributed by atoms with E-state index in [1.54, 1.807) is 32.4 Å². The third kappa shape index (κ3) is 5.90. The lowest BCUT2D eigenvalue weighted by atomic mass is 10.1. The Morgan fingerprint density at radius 1 is 0.893 bits per heavy atom. The molecule has 0 aromatic heterocycles. The normalized spacial score (nSPS) is 10.1. The van der Waals surface area contributed by atoms with Crippen molar-refractivity contribution in [3.8, 4) is 17.2 Å². The summed E-state index contributed by atoms with van der Waals surface area (Å²) >= 11 is 0. The third-order valence-corrected chi connectivity index (χ3v) is 4.06. The molecule has 0 saturated carbocycles. The molecule has 7 nitrogen and oxygen atoms in total. The molecule has 28 heavy (non-hydrogen) atoms. The number of carbonyl (C=O) groups excluding carboxylic acids is 2. The maximum Gasteiger partial charge on any atom is 0.306 e.